The predicted octanol–water partition coefficient (Wildman–Crippen LogP) is 1.28. The Labute approximate surface area is 49.5 Å². The lowest BCUT2D eigenvalue weighted by Crippen LogP contribution is -1.59. The van der Waals surface area contributed by atoms with Crippen molar-refractivity contribution >= 4 is 0 Å². The topological polar surface area (TPSA) is 0 Å². The van der Waals surface area contributed by atoms with Gasteiger partial charge in [-0.05, 0) is 6.08 Å². The highest BCUT2D eigenvalue weighted by molar-refractivity contribution is 5.30. The maximum atomic E-state index is 5.13. The fourth-order valence-corrected chi connectivity index (χ4v) is 0.161. The summed E-state index contributed by atoms with van der Waals surface area (Å²) in [6.07, 6.45) is 6.24. The van der Waals surface area contributed by atoms with Crippen LogP contribution in [0.4, 0.5) is 0 Å². The molecule has 0 aromatic heterocycles. The summed E-state index contributed by atoms with van der Waals surface area (Å²) in [5, 5.41) is 0. The Morgan fingerprint density at radius 1 is 1.75 bits per heavy atom. The molecule has 0 N–H and O–H groups in total. The SMILES string of the molecule is C#CC(=[CH-])C=C=C=[CH+]. The van der Waals surface area contributed by atoms with Crippen molar-refractivity contribution in [2.75, 3.05) is 0 Å². The summed E-state index contributed by atoms with van der Waals surface area (Å²) < 4.78 is 0. The third-order valence-corrected chi connectivity index (χ3v) is 0.478. The van der Waals surface area contributed by atoms with Crippen LogP contribution in [-0.4, -0.2) is 0 Å². The molecule has 0 bridgehead atoms. The van der Waals surface area contributed by atoms with Gasteiger partial charge in [0.05, 0.1) is 5.73 Å². The second-order valence-electron chi connectivity index (χ2n) is 1.03. The molecule has 0 spiro atoms. The molecular weight excluding hydrogens is 96.1 g/mol. The number of terminal acetylenes is 1. The van der Waals surface area contributed by atoms with E-state index < -0.39 is 0 Å². The fourth-order valence-electron chi connectivity index (χ4n) is 0.161. The van der Waals surface area contributed by atoms with E-state index in [2.05, 4.69) is 17.4 Å². The first-order valence-corrected chi connectivity index (χ1v) is 1.94. The van der Waals surface area contributed by atoms with Crippen LogP contribution in [0, 0.1) is 25.5 Å². The quantitative estimate of drug-likeness (QED) is 0.201. The average Bonchev–Trinajstić information content (AvgIpc) is 1.83. The molecule has 0 aromatic rings. The summed E-state index contributed by atoms with van der Waals surface area (Å²) in [5.41, 5.74) is 4.82. The first-order chi connectivity index (χ1) is 3.81. The van der Waals surface area contributed by atoms with E-state index >= 15 is 0 Å². The van der Waals surface area contributed by atoms with E-state index in [1.54, 1.807) is 0 Å². The second kappa shape index (κ2) is 3.69. The molecule has 0 aliphatic carbocycles. The minimum absolute atomic E-state index is 0.294. The van der Waals surface area contributed by atoms with E-state index in [0.29, 0.717) is 5.57 Å². The van der Waals surface area contributed by atoms with E-state index in [-0.39, 0.29) is 0 Å². The van der Waals surface area contributed by atoms with E-state index in [0.717, 1.165) is 0 Å². The van der Waals surface area contributed by atoms with Crippen molar-refractivity contribution in [1.82, 2.24) is 0 Å². The first-order valence-electron chi connectivity index (χ1n) is 1.94. The van der Waals surface area contributed by atoms with Crippen LogP contribution in [0.5, 0.6) is 0 Å². The van der Waals surface area contributed by atoms with Crippen LogP contribution in [0.2, 0.25) is 0 Å². The molecule has 0 aliphatic rings. The van der Waals surface area contributed by atoms with Crippen LogP contribution >= 0.6 is 0 Å². The molecular formula is C8H4. The molecule has 0 radical (unpaired) electrons. The van der Waals surface area contributed by atoms with Gasteiger partial charge < -0.3 is 0 Å². The van der Waals surface area contributed by atoms with Crippen molar-refractivity contribution < 1.29 is 0 Å². The van der Waals surface area contributed by atoms with Gasteiger partial charge in [-0.15, -0.1) is 5.57 Å². The third-order valence-electron chi connectivity index (χ3n) is 0.478. The molecule has 8 heavy (non-hydrogen) atoms. The van der Waals surface area contributed by atoms with Crippen molar-refractivity contribution in [2.24, 2.45) is 0 Å². The molecule has 0 aromatic carbocycles. The number of allylic oxidation sites excluding steroid dienone is 2. The zero-order valence-corrected chi connectivity index (χ0v) is 4.31. The van der Waals surface area contributed by atoms with Gasteiger partial charge in [0.25, 0.3) is 0 Å². The zero-order chi connectivity index (χ0) is 6.41. The van der Waals surface area contributed by atoms with Gasteiger partial charge in [-0.1, -0.05) is 0 Å². The summed E-state index contributed by atoms with van der Waals surface area (Å²) in [7, 11) is 0. The minimum Gasteiger partial charge on any atom is -0.235 e. The van der Waals surface area contributed by atoms with Crippen LogP contribution in [-0.2, 0) is 0 Å². The minimum atomic E-state index is 0.294. The Morgan fingerprint density at radius 3 is 2.75 bits per heavy atom. The lowest BCUT2D eigenvalue weighted by Gasteiger charge is -1.82. The lowest BCUT2D eigenvalue weighted by atomic mass is 10.3. The first kappa shape index (κ1) is 6.51. The smallest absolute Gasteiger partial charge is 0.198 e. The van der Waals surface area contributed by atoms with E-state index in [4.69, 9.17) is 19.6 Å². The number of hydrogen-bond donors (Lipinski definition) is 0. The van der Waals surface area contributed by atoms with Crippen molar-refractivity contribution in [3.8, 4) is 12.3 Å². The molecule has 0 amide bonds. The van der Waals surface area contributed by atoms with Gasteiger partial charge >= 0.3 is 0 Å². The summed E-state index contributed by atoms with van der Waals surface area (Å²) >= 11 is 0. The monoisotopic (exact) mass is 100 g/mol. The van der Waals surface area contributed by atoms with Crippen LogP contribution in [0.15, 0.2) is 23.1 Å². The maximum absolute atomic E-state index is 5.13. The van der Waals surface area contributed by atoms with Gasteiger partial charge in [0.1, 0.15) is 6.58 Å². The summed E-state index contributed by atoms with van der Waals surface area (Å²) in [5.74, 6) is 2.18. The second-order valence-corrected chi connectivity index (χ2v) is 1.03. The van der Waals surface area contributed by atoms with Gasteiger partial charge in [0, 0.05) is 0 Å². The molecule has 0 unspecified atom stereocenters. The van der Waals surface area contributed by atoms with Crippen LogP contribution in [0.1, 0.15) is 0 Å². The molecule has 36 valence electrons. The Kier molecular flexibility index (Phi) is 3.00. The average molecular weight is 100 g/mol. The number of rotatable bonds is 1. The predicted molar refractivity (Wildman–Crippen MR) is 32.5 cm³/mol. The zero-order valence-electron chi connectivity index (χ0n) is 4.31. The fraction of sp³-hybridized carbons (Fsp3) is 0. The molecule has 0 nitrogen and oxygen atoms in total. The van der Waals surface area contributed by atoms with Gasteiger partial charge in [-0.2, -0.15) is 6.42 Å². The summed E-state index contributed by atoms with van der Waals surface area (Å²) in [6.45, 7) is 9.93. The highest BCUT2D eigenvalue weighted by atomic mass is 13.7. The van der Waals surface area contributed by atoms with E-state index in [1.165, 1.54) is 6.08 Å². The molecule has 0 atom stereocenters. The van der Waals surface area contributed by atoms with Gasteiger partial charge in [0.15, 0.2) is 5.73 Å². The van der Waals surface area contributed by atoms with Crippen LogP contribution in [0.3, 0.4) is 0 Å². The summed E-state index contributed by atoms with van der Waals surface area (Å²) in [6, 6.07) is 0. The van der Waals surface area contributed by atoms with Crippen molar-refractivity contribution in [3.05, 3.63) is 36.3 Å². The third kappa shape index (κ3) is 2.73. The van der Waals surface area contributed by atoms with Crippen molar-refractivity contribution in [1.29, 1.82) is 0 Å². The molecule has 0 rings (SSSR count). The summed E-state index contributed by atoms with van der Waals surface area (Å²) in [4.78, 5) is 0. The largest absolute Gasteiger partial charge is 0.235 e. The standard InChI is InChI=1S/C8H4/c1-4-6-7-8(3)5-2/h1-3,7H. The molecule has 0 saturated heterocycles. The van der Waals surface area contributed by atoms with Crippen molar-refractivity contribution in [2.45, 2.75) is 0 Å². The highest BCUT2D eigenvalue weighted by Crippen LogP contribution is 1.83. The Morgan fingerprint density at radius 2 is 2.38 bits per heavy atom. The maximum Gasteiger partial charge on any atom is 0.198 e. The molecule has 0 aliphatic heterocycles. The van der Waals surface area contributed by atoms with E-state index in [1.807, 2.05) is 0 Å². The molecule has 0 saturated carbocycles. The Bertz CT molecular complexity index is 201. The van der Waals surface area contributed by atoms with Crippen LogP contribution < -0.4 is 0 Å². The molecule has 0 fully saturated rings. The van der Waals surface area contributed by atoms with Gasteiger partial charge in [-0.25, -0.2) is 12.5 Å². The lowest BCUT2D eigenvalue weighted by molar-refractivity contribution is 1.84. The number of hydrogen-bond acceptors (Lipinski definition) is 0. The molecule has 0 heterocycles. The van der Waals surface area contributed by atoms with Crippen LogP contribution in [0.25, 0.3) is 0 Å². The van der Waals surface area contributed by atoms with Gasteiger partial charge in [-0.3, -0.25) is 0 Å². The van der Waals surface area contributed by atoms with Crippen molar-refractivity contribution in [3.63, 3.8) is 0 Å². The highest BCUT2D eigenvalue weighted by Gasteiger charge is 1.62. The normalized spacial score (nSPS) is 5.25. The Hall–Kier alpha value is -1.49. The Balaban J connectivity index is 4.17. The van der Waals surface area contributed by atoms with Gasteiger partial charge in [0.2, 0.25) is 0 Å². The molecule has 0 heteroatoms. The van der Waals surface area contributed by atoms with E-state index in [9.17, 15) is 0 Å².